The summed E-state index contributed by atoms with van der Waals surface area (Å²) in [6.07, 6.45) is 4.24. The Hall–Kier alpha value is -3.75. The highest BCUT2D eigenvalue weighted by atomic mass is 19.1. The molecule has 7 nitrogen and oxygen atoms in total. The van der Waals surface area contributed by atoms with Crippen LogP contribution in [0.15, 0.2) is 48.4 Å². The van der Waals surface area contributed by atoms with Crippen LogP contribution in [0.1, 0.15) is 43.4 Å². The van der Waals surface area contributed by atoms with Crippen LogP contribution in [-0.2, 0) is 15.1 Å². The van der Waals surface area contributed by atoms with Crippen LogP contribution < -0.4 is 10.2 Å². The van der Waals surface area contributed by atoms with Gasteiger partial charge in [0, 0.05) is 30.2 Å². The van der Waals surface area contributed by atoms with Crippen molar-refractivity contribution in [2.24, 2.45) is 0 Å². The third kappa shape index (κ3) is 4.88. The van der Waals surface area contributed by atoms with Gasteiger partial charge in [-0.2, -0.15) is 10.5 Å². The molecule has 31 heavy (non-hydrogen) atoms. The Balaban J connectivity index is 1.61. The van der Waals surface area contributed by atoms with Gasteiger partial charge in [-0.1, -0.05) is 12.1 Å². The minimum absolute atomic E-state index is 0.0357. The molecule has 0 atom stereocenters. The lowest BCUT2D eigenvalue weighted by atomic mass is 10.0. The van der Waals surface area contributed by atoms with E-state index in [1.807, 2.05) is 30.9 Å². The molecule has 1 aliphatic carbocycles. The van der Waals surface area contributed by atoms with E-state index in [1.165, 1.54) is 12.3 Å². The fourth-order valence-corrected chi connectivity index (χ4v) is 3.29. The van der Waals surface area contributed by atoms with Crippen molar-refractivity contribution in [2.75, 3.05) is 18.1 Å². The van der Waals surface area contributed by atoms with Crippen molar-refractivity contribution in [3.05, 3.63) is 70.9 Å². The molecule has 1 aromatic heterocycles. The zero-order valence-electron chi connectivity index (χ0n) is 17.4. The number of benzene rings is 1. The largest absolute Gasteiger partial charge is 0.360 e. The summed E-state index contributed by atoms with van der Waals surface area (Å²) < 4.78 is 20.2. The van der Waals surface area contributed by atoms with Gasteiger partial charge in [0.25, 0.3) is 0 Å². The topological polar surface area (TPSA) is 102 Å². The quantitative estimate of drug-likeness (QED) is 0.703. The van der Waals surface area contributed by atoms with Gasteiger partial charge in [-0.15, -0.1) is 0 Å². The van der Waals surface area contributed by atoms with Crippen LogP contribution in [0.2, 0.25) is 0 Å². The molecule has 2 aromatic rings. The molecule has 1 amide bonds. The summed E-state index contributed by atoms with van der Waals surface area (Å²) in [5.41, 5.74) is 0.649. The van der Waals surface area contributed by atoms with Gasteiger partial charge in [-0.3, -0.25) is 4.79 Å². The third-order valence-corrected chi connectivity index (χ3v) is 5.13. The van der Waals surface area contributed by atoms with Crippen LogP contribution in [0.3, 0.4) is 0 Å². The Labute approximate surface area is 180 Å². The number of nitrogens with zero attached hydrogens (tertiary/aromatic N) is 4. The first-order chi connectivity index (χ1) is 14.9. The van der Waals surface area contributed by atoms with E-state index in [-0.39, 0.29) is 18.1 Å². The summed E-state index contributed by atoms with van der Waals surface area (Å²) in [5.74, 6) is -0.302. The number of carbonyl (C=O) groups excluding carboxylic acids is 1. The number of aromatic nitrogens is 1. The molecule has 1 saturated carbocycles. The highest BCUT2D eigenvalue weighted by Gasteiger charge is 2.48. The zero-order valence-corrected chi connectivity index (χ0v) is 17.4. The van der Waals surface area contributed by atoms with Crippen LogP contribution >= 0.6 is 0 Å². The lowest BCUT2D eigenvalue weighted by Crippen LogP contribution is -2.29. The molecular weight excluding hydrogens is 397 g/mol. The molecule has 0 unspecified atom stereocenters. The Bertz CT molecular complexity index is 1080. The fourth-order valence-electron chi connectivity index (χ4n) is 3.29. The van der Waals surface area contributed by atoms with Gasteiger partial charge >= 0.3 is 0 Å². The number of pyridine rings is 1. The molecule has 0 spiro atoms. The number of rotatable bonds is 8. The minimum Gasteiger partial charge on any atom is -0.360 e. The number of nitrogens with one attached hydrogen (secondary N) is 1. The predicted molar refractivity (Wildman–Crippen MR) is 112 cm³/mol. The number of halogens is 1. The number of anilines is 1. The van der Waals surface area contributed by atoms with Gasteiger partial charge < -0.3 is 15.0 Å². The summed E-state index contributed by atoms with van der Waals surface area (Å²) in [4.78, 5) is 18.4. The second-order valence-corrected chi connectivity index (χ2v) is 7.18. The molecule has 8 heteroatoms. The molecule has 0 radical (unpaired) electrons. The summed E-state index contributed by atoms with van der Waals surface area (Å²) >= 11 is 0. The summed E-state index contributed by atoms with van der Waals surface area (Å²) in [6.45, 7) is 4.16. The van der Waals surface area contributed by atoms with Gasteiger partial charge in [-0.25, -0.2) is 9.37 Å². The van der Waals surface area contributed by atoms with E-state index in [4.69, 9.17) is 15.3 Å². The van der Waals surface area contributed by atoms with Gasteiger partial charge in [0.2, 0.25) is 5.91 Å². The predicted octanol–water partition coefficient (Wildman–Crippen LogP) is 3.47. The van der Waals surface area contributed by atoms with Crippen LogP contribution in [-0.4, -0.2) is 24.0 Å². The molecule has 1 aliphatic rings. The molecule has 158 valence electrons. The van der Waals surface area contributed by atoms with Crippen molar-refractivity contribution in [2.45, 2.75) is 32.3 Å². The number of hydrogen-bond donors (Lipinski definition) is 1. The van der Waals surface area contributed by atoms with Gasteiger partial charge in [0.1, 0.15) is 30.4 Å². The van der Waals surface area contributed by atoms with E-state index in [1.54, 1.807) is 30.5 Å². The smallest absolute Gasteiger partial charge is 0.250 e. The van der Waals surface area contributed by atoms with Crippen LogP contribution in [0, 0.1) is 28.5 Å². The highest BCUT2D eigenvalue weighted by molar-refractivity contribution is 5.78. The molecule has 1 aromatic carbocycles. The van der Waals surface area contributed by atoms with Gasteiger partial charge in [0.05, 0.1) is 16.7 Å². The first-order valence-electron chi connectivity index (χ1n) is 9.87. The first kappa shape index (κ1) is 21.9. The average Bonchev–Trinajstić information content (AvgIpc) is 3.58. The third-order valence-electron chi connectivity index (χ3n) is 5.13. The van der Waals surface area contributed by atoms with Crippen molar-refractivity contribution >= 4 is 11.7 Å². The first-order valence-corrected chi connectivity index (χ1v) is 9.87. The molecule has 1 N–H and O–H groups in total. The van der Waals surface area contributed by atoms with E-state index in [0.717, 1.165) is 5.70 Å². The maximum atomic E-state index is 14.5. The molecule has 0 aliphatic heterocycles. The number of amides is 1. The van der Waals surface area contributed by atoms with E-state index >= 15 is 0 Å². The number of hydrogen-bond acceptors (Lipinski definition) is 6. The fraction of sp³-hybridized carbons (Fsp3) is 0.304. The maximum Gasteiger partial charge on any atom is 0.250 e. The molecule has 0 bridgehead atoms. The second-order valence-electron chi connectivity index (χ2n) is 7.18. The van der Waals surface area contributed by atoms with Crippen molar-refractivity contribution in [1.29, 1.82) is 10.5 Å². The lowest BCUT2D eigenvalue weighted by Gasteiger charge is -2.22. The van der Waals surface area contributed by atoms with E-state index in [9.17, 15) is 9.18 Å². The minimum atomic E-state index is -0.852. The summed E-state index contributed by atoms with van der Waals surface area (Å²) in [5, 5.41) is 20.6. The second kappa shape index (κ2) is 9.38. The Morgan fingerprint density at radius 3 is 2.68 bits per heavy atom. The standard InChI is InChI=1S/C23H22FN5O2/c1-3-29(20-8-7-17(11-25)14-27-20)16(2)13-28-21(30)15-31-23(9-10-23)19-6-4-5-18(12-26)22(19)24/h4-8,13-14H,3,9-10,15H2,1-2H3,(H,28,30)/b16-13+. The lowest BCUT2D eigenvalue weighted by molar-refractivity contribution is -0.128. The monoisotopic (exact) mass is 419 g/mol. The Morgan fingerprint density at radius 1 is 1.32 bits per heavy atom. The maximum absolute atomic E-state index is 14.5. The molecule has 0 saturated heterocycles. The normalized spacial score (nSPS) is 14.3. The van der Waals surface area contributed by atoms with E-state index in [2.05, 4.69) is 10.3 Å². The Kier molecular flexibility index (Phi) is 6.64. The molecule has 3 rings (SSSR count). The highest BCUT2D eigenvalue weighted by Crippen LogP contribution is 2.50. The number of allylic oxidation sites excluding steroid dienone is 1. The van der Waals surface area contributed by atoms with Crippen molar-refractivity contribution < 1.29 is 13.9 Å². The van der Waals surface area contributed by atoms with Crippen LogP contribution in [0.4, 0.5) is 10.2 Å². The van der Waals surface area contributed by atoms with Crippen molar-refractivity contribution in [3.8, 4) is 12.1 Å². The van der Waals surface area contributed by atoms with E-state index < -0.39 is 11.4 Å². The van der Waals surface area contributed by atoms with Gasteiger partial charge in [0.15, 0.2) is 0 Å². The molecule has 1 heterocycles. The Morgan fingerprint density at radius 2 is 2.10 bits per heavy atom. The zero-order chi connectivity index (χ0) is 22.4. The summed E-state index contributed by atoms with van der Waals surface area (Å²) in [6, 6.07) is 11.9. The summed E-state index contributed by atoms with van der Waals surface area (Å²) in [7, 11) is 0. The molecule has 1 fully saturated rings. The van der Waals surface area contributed by atoms with Crippen molar-refractivity contribution in [3.63, 3.8) is 0 Å². The SMILES string of the molecule is CCN(/C(C)=C/NC(=O)COC1(c2cccc(C#N)c2F)CC1)c1ccc(C#N)cn1. The number of ether oxygens (including phenoxy) is 1. The number of nitriles is 2. The number of carbonyl (C=O) groups is 1. The molecular formula is C23H22FN5O2. The van der Waals surface area contributed by atoms with Crippen molar-refractivity contribution in [1.82, 2.24) is 10.3 Å². The van der Waals surface area contributed by atoms with Gasteiger partial charge in [-0.05, 0) is 44.9 Å². The van der Waals surface area contributed by atoms with Crippen LogP contribution in [0.5, 0.6) is 0 Å². The van der Waals surface area contributed by atoms with Crippen LogP contribution in [0.25, 0.3) is 0 Å². The van der Waals surface area contributed by atoms with E-state index in [0.29, 0.717) is 36.3 Å². The average molecular weight is 419 g/mol.